The van der Waals surface area contributed by atoms with Crippen molar-refractivity contribution in [1.29, 1.82) is 0 Å². The Balaban J connectivity index is 1.38. The van der Waals surface area contributed by atoms with Crippen molar-refractivity contribution in [3.63, 3.8) is 0 Å². The van der Waals surface area contributed by atoms with Crippen LogP contribution in [0, 0.1) is 0 Å². The highest BCUT2D eigenvalue weighted by Crippen LogP contribution is 2.43. The zero-order chi connectivity index (χ0) is 87.8. The molecule has 5 rings (SSSR count). The molecule has 3 unspecified atom stereocenters. The van der Waals surface area contributed by atoms with E-state index >= 15 is 0 Å². The van der Waals surface area contributed by atoms with E-state index in [-0.39, 0.29) is 6.42 Å². The van der Waals surface area contributed by atoms with Crippen LogP contribution in [0.5, 0.6) is 0 Å². The first-order valence-corrected chi connectivity index (χ1v) is 41.3. The second-order valence-electron chi connectivity index (χ2n) is 31.4. The van der Waals surface area contributed by atoms with Crippen molar-refractivity contribution < 1.29 is 183 Å². The quantitative estimate of drug-likeness (QED) is 0.0204. The van der Waals surface area contributed by atoms with E-state index in [1.54, 1.807) is 6.08 Å². The molecule has 0 aliphatic carbocycles. The summed E-state index contributed by atoms with van der Waals surface area (Å²) in [6.45, 7) is -0.129. The number of nitrogens with one attached hydrogen (secondary N) is 4. The minimum atomic E-state index is -3.57. The number of hydrogen-bond acceptors (Lipinski definition) is 34. The lowest BCUT2D eigenvalue weighted by atomic mass is 9.86. The monoisotopic (exact) mass is 1710 g/mol. The van der Waals surface area contributed by atoms with Gasteiger partial charge in [-0.3, -0.25) is 19.2 Å². The van der Waals surface area contributed by atoms with Crippen molar-refractivity contribution in [1.82, 2.24) is 21.3 Å². The van der Waals surface area contributed by atoms with Crippen LogP contribution in [-0.2, 0) is 80.9 Å². The lowest BCUT2D eigenvalue weighted by Crippen LogP contribution is -2.72. The number of carboxylic acids is 3. The van der Waals surface area contributed by atoms with Gasteiger partial charge < -0.3 is 171 Å². The van der Waals surface area contributed by atoms with E-state index in [1.807, 2.05) is 0 Å². The van der Waals surface area contributed by atoms with Crippen molar-refractivity contribution in [2.45, 2.75) is 390 Å². The highest BCUT2D eigenvalue weighted by Gasteiger charge is 2.64. The molecule has 0 spiro atoms. The van der Waals surface area contributed by atoms with Gasteiger partial charge in [-0.25, -0.2) is 14.4 Å². The van der Waals surface area contributed by atoms with Gasteiger partial charge in [0.05, 0.1) is 88.2 Å². The maximum absolute atomic E-state index is 13.8. The van der Waals surface area contributed by atoms with Crippen LogP contribution < -0.4 is 21.3 Å². The number of aliphatic hydroxyl groups is 17. The minimum absolute atomic E-state index is 0.121. The first-order valence-electron chi connectivity index (χ1n) is 41.3. The van der Waals surface area contributed by atoms with E-state index in [4.69, 9.17) is 47.4 Å². The average Bonchev–Trinajstić information content (AvgIpc) is 0.762. The van der Waals surface area contributed by atoms with Gasteiger partial charge in [-0.15, -0.1) is 0 Å². The van der Waals surface area contributed by atoms with Gasteiger partial charge in [-0.1, -0.05) is 154 Å². The Morgan fingerprint density at radius 1 is 0.458 bits per heavy atom. The zero-order valence-corrected chi connectivity index (χ0v) is 68.0. The molecule has 0 aromatic heterocycles. The van der Waals surface area contributed by atoms with Crippen molar-refractivity contribution >= 4 is 41.5 Å². The molecule has 5 aliphatic rings. The number of carbonyl (C=O) groups excluding carboxylic acids is 4. The number of aliphatic carboxylic acids is 3. The van der Waals surface area contributed by atoms with Crippen LogP contribution in [0.15, 0.2) is 12.2 Å². The lowest BCUT2D eigenvalue weighted by Gasteiger charge is -2.51. The largest absolute Gasteiger partial charge is 0.477 e. The van der Waals surface area contributed by atoms with E-state index in [0.717, 1.165) is 85.0 Å². The molecule has 41 nitrogen and oxygen atoms in total. The average molecular weight is 1710 g/mol. The molecule has 0 saturated carbocycles. The van der Waals surface area contributed by atoms with Gasteiger partial charge in [0, 0.05) is 46.5 Å². The Labute approximate surface area is 685 Å². The third-order valence-electron chi connectivity index (χ3n) is 22.0. The van der Waals surface area contributed by atoms with Crippen LogP contribution in [0.1, 0.15) is 208 Å². The highest BCUT2D eigenvalue weighted by molar-refractivity contribution is 5.79. The Morgan fingerprint density at radius 2 is 0.847 bits per heavy atom. The molecule has 4 amide bonds. The topological polar surface area (TPSA) is 665 Å². The molecular weight excluding hydrogens is 1570 g/mol. The molecule has 118 heavy (non-hydrogen) atoms. The molecule has 41 heteroatoms. The van der Waals surface area contributed by atoms with Gasteiger partial charge in [-0.05, 0) is 19.3 Å². The van der Waals surface area contributed by atoms with Crippen molar-refractivity contribution in [3.8, 4) is 0 Å². The summed E-state index contributed by atoms with van der Waals surface area (Å²) < 4.78 is 58.1. The van der Waals surface area contributed by atoms with E-state index in [1.165, 1.54) is 76.7 Å². The summed E-state index contributed by atoms with van der Waals surface area (Å²) in [5, 5.41) is 234. The second-order valence-corrected chi connectivity index (χ2v) is 31.4. The third kappa shape index (κ3) is 29.6. The van der Waals surface area contributed by atoms with Crippen LogP contribution in [0.4, 0.5) is 0 Å². The minimum Gasteiger partial charge on any atom is -0.477 e. The molecule has 30 atom stereocenters. The summed E-state index contributed by atoms with van der Waals surface area (Å²) in [7, 11) is 0. The number of amides is 4. The molecular formula is C77H134N4O37. The number of hydrogen-bond donors (Lipinski definition) is 24. The van der Waals surface area contributed by atoms with Gasteiger partial charge in [0.1, 0.15) is 104 Å². The van der Waals surface area contributed by atoms with E-state index in [0.29, 0.717) is 12.8 Å². The van der Waals surface area contributed by atoms with Crippen molar-refractivity contribution in [2.24, 2.45) is 0 Å². The van der Waals surface area contributed by atoms with E-state index in [2.05, 4.69) is 35.1 Å². The second kappa shape index (κ2) is 51.3. The first kappa shape index (κ1) is 103. The van der Waals surface area contributed by atoms with Crippen molar-refractivity contribution in [3.05, 3.63) is 12.2 Å². The molecule has 24 N–H and O–H groups in total. The third-order valence-corrected chi connectivity index (χ3v) is 22.0. The SMILES string of the molecule is CCCCCCCCCCCCCC=C[C@@H](O)[C@H](CO[C@@H]1O[C@H](CO)[C@@H](O[C@@H]2O[C@H](CO)[C@H](O)[C@H](O[C@]3(C(=O)O)C[C@H](O)[C@@H](NC(C)=O)C([C@H](O)[C@@H](CO)O[C@]4(C(=O)O)C[C@H](O)[C@@H](NC(C)=O)C([C@H](O)[C@@H](CO)O[C@]5(C(=O)O)C[C@H](O)[C@@H](NC(C)=O)C([C@H](O)[C@H](O)CO)O5)O4)O3)[C@H]2O)[C@H](O)[C@H]1O)NC(=O)CCCCCCCCCCCCC. The summed E-state index contributed by atoms with van der Waals surface area (Å²) in [5.41, 5.74) is 0. The van der Waals surface area contributed by atoms with Gasteiger partial charge in [0.15, 0.2) is 12.6 Å². The van der Waals surface area contributed by atoms with Crippen molar-refractivity contribution in [2.75, 3.05) is 39.6 Å². The smallest absolute Gasteiger partial charge is 0.364 e. The lowest BCUT2D eigenvalue weighted by molar-refractivity contribution is -0.388. The number of ether oxygens (including phenoxy) is 10. The molecule has 0 aromatic carbocycles. The van der Waals surface area contributed by atoms with E-state index in [9.17, 15) is 136 Å². The molecule has 0 radical (unpaired) electrons. The number of carboxylic acid groups (broad SMARTS) is 3. The fourth-order valence-electron chi connectivity index (χ4n) is 15.4. The van der Waals surface area contributed by atoms with Crippen LogP contribution in [0.2, 0.25) is 0 Å². The number of unbranched alkanes of at least 4 members (excludes halogenated alkanes) is 21. The summed E-state index contributed by atoms with van der Waals surface area (Å²) in [4.78, 5) is 92.0. The Kier molecular flexibility index (Phi) is 45.0. The Hall–Kier alpha value is -5.05. The van der Waals surface area contributed by atoms with Gasteiger partial charge in [0.2, 0.25) is 23.6 Å². The standard InChI is InChI=1S/C77H134N4O37/c1-6-8-10-12-14-16-18-19-21-22-24-26-28-30-45(90)44(81-54(95)31-29-27-25-23-20-17-15-13-11-9-7-2)40-109-70-63(101)62(100)65(53(39-86)111-70)112-71-64(102)69(59(97)50(36-83)110-71)118-77(74(107)108)34-48(93)57(80-43(5)89)68(117-77)61(99)52(38-85)114-76(73(105)106)33-47(92)56(79-42(4)88)67(116-76)60(98)51(37-84)113-75(72(103)104)32-46(91)55(78-41(3)87)66(115-75)58(96)49(94)35-82/h28,30,44-53,55-71,82-86,90-94,96-102H,6-27,29,31-40H2,1-5H3,(H,78,87)(H,79,88)(H,80,89)(H,81,95)(H,103,104)(H,105,106)(H,107,108)/t44-,45+,46-,47-,48-,49+,50+,51+,52+,53+,55+,56+,57+,58+,59-,60+,61+,62+,63+,64+,65+,66?,67?,68?,69-,70+,71-,75+,76+,77-/m0/s1. The first-order chi connectivity index (χ1) is 56.0. The summed E-state index contributed by atoms with van der Waals surface area (Å²) in [6, 6.07) is -7.02. The summed E-state index contributed by atoms with van der Waals surface area (Å²) >= 11 is 0. The summed E-state index contributed by atoms with van der Waals surface area (Å²) in [6.07, 6.45) is -27.8. The van der Waals surface area contributed by atoms with Crippen LogP contribution in [0.3, 0.4) is 0 Å². The number of rotatable bonds is 55. The molecule has 5 saturated heterocycles. The predicted molar refractivity (Wildman–Crippen MR) is 406 cm³/mol. The normalized spacial score (nSPS) is 33.5. The molecule has 0 aromatic rings. The van der Waals surface area contributed by atoms with E-state index < -0.39 is 283 Å². The fraction of sp³-hybridized carbons (Fsp3) is 0.883. The Morgan fingerprint density at radius 3 is 1.25 bits per heavy atom. The fourth-order valence-corrected chi connectivity index (χ4v) is 15.4. The molecule has 5 heterocycles. The van der Waals surface area contributed by atoms with Crippen LogP contribution >= 0.6 is 0 Å². The Bertz CT molecular complexity index is 3030. The maximum atomic E-state index is 13.8. The number of carbonyl (C=O) groups is 7. The number of allylic oxidation sites excluding steroid dienone is 1. The maximum Gasteiger partial charge on any atom is 0.364 e. The highest BCUT2D eigenvalue weighted by atomic mass is 16.8. The predicted octanol–water partition coefficient (Wildman–Crippen LogP) is -4.05. The van der Waals surface area contributed by atoms with Crippen LogP contribution in [0.25, 0.3) is 0 Å². The number of aliphatic hydroxyl groups excluding tert-OH is 17. The molecule has 684 valence electrons. The molecule has 5 aliphatic heterocycles. The van der Waals surface area contributed by atoms with Gasteiger partial charge >= 0.3 is 17.9 Å². The van der Waals surface area contributed by atoms with Gasteiger partial charge in [0.25, 0.3) is 17.4 Å². The summed E-state index contributed by atoms with van der Waals surface area (Å²) in [5.74, 6) is -20.6. The molecule has 0 bridgehead atoms. The molecule has 5 fully saturated rings. The zero-order valence-electron chi connectivity index (χ0n) is 68.0. The van der Waals surface area contributed by atoms with Gasteiger partial charge in [-0.2, -0.15) is 0 Å². The van der Waals surface area contributed by atoms with Crippen LogP contribution in [-0.4, -0.2) is 366 Å².